The second-order valence-electron chi connectivity index (χ2n) is 4.46. The second-order valence-corrected chi connectivity index (χ2v) is 4.46. The maximum Gasteiger partial charge on any atom is 0.169 e. The summed E-state index contributed by atoms with van der Waals surface area (Å²) in [6.07, 6.45) is 4.40. The van der Waals surface area contributed by atoms with Gasteiger partial charge < -0.3 is 19.5 Å². The van der Waals surface area contributed by atoms with Crippen molar-refractivity contribution in [3.63, 3.8) is 0 Å². The summed E-state index contributed by atoms with van der Waals surface area (Å²) in [5, 5.41) is 3.51. The van der Waals surface area contributed by atoms with Crippen LogP contribution in [0.2, 0.25) is 0 Å². The monoisotopic (exact) mass is 229 g/mol. The van der Waals surface area contributed by atoms with Gasteiger partial charge in [0.2, 0.25) is 0 Å². The number of nitrogens with one attached hydrogen (secondary N) is 1. The van der Waals surface area contributed by atoms with Gasteiger partial charge in [-0.3, -0.25) is 0 Å². The largest absolute Gasteiger partial charge is 0.373 e. The first kappa shape index (κ1) is 12.3. The van der Waals surface area contributed by atoms with Gasteiger partial charge in [-0.15, -0.1) is 0 Å². The summed E-state index contributed by atoms with van der Waals surface area (Å²) in [6, 6.07) is 0.502. The van der Waals surface area contributed by atoms with E-state index < -0.39 is 0 Å². The molecule has 3 unspecified atom stereocenters. The molecule has 94 valence electrons. The molecule has 0 aromatic rings. The number of fused-ring (bicyclic) bond motifs is 2. The fraction of sp³-hybridized carbons (Fsp3) is 1.00. The van der Waals surface area contributed by atoms with Gasteiger partial charge in [0.25, 0.3) is 0 Å². The van der Waals surface area contributed by atoms with E-state index >= 15 is 0 Å². The lowest BCUT2D eigenvalue weighted by molar-refractivity contribution is -0.134. The highest BCUT2D eigenvalue weighted by Gasteiger charge is 2.40. The van der Waals surface area contributed by atoms with E-state index in [0.717, 1.165) is 13.0 Å². The lowest BCUT2D eigenvalue weighted by Gasteiger charge is -2.23. The summed E-state index contributed by atoms with van der Waals surface area (Å²) < 4.78 is 16.8. The number of hydrogen-bond acceptors (Lipinski definition) is 4. The Bertz CT molecular complexity index is 206. The molecule has 2 heterocycles. The van der Waals surface area contributed by atoms with E-state index in [-0.39, 0.29) is 6.29 Å². The van der Waals surface area contributed by atoms with Gasteiger partial charge in [-0.25, -0.2) is 0 Å². The van der Waals surface area contributed by atoms with E-state index in [1.165, 1.54) is 12.8 Å². The Morgan fingerprint density at radius 2 is 2.00 bits per heavy atom. The van der Waals surface area contributed by atoms with E-state index in [4.69, 9.17) is 14.2 Å². The van der Waals surface area contributed by atoms with E-state index in [9.17, 15) is 0 Å². The van der Waals surface area contributed by atoms with Crippen molar-refractivity contribution in [3.8, 4) is 0 Å². The summed E-state index contributed by atoms with van der Waals surface area (Å²) in [7, 11) is 0. The van der Waals surface area contributed by atoms with Crippen molar-refractivity contribution in [2.24, 2.45) is 0 Å². The normalized spacial score (nSPS) is 32.8. The van der Waals surface area contributed by atoms with Gasteiger partial charge in [-0.05, 0) is 33.1 Å². The standard InChI is InChI=1S/C12H23NO3/c1-3-14-12(15-4-2)8-13-10-7-9-5-6-11(10)16-9/h9-13H,3-8H2,1-2H3. The first-order valence-electron chi connectivity index (χ1n) is 6.45. The van der Waals surface area contributed by atoms with Crippen LogP contribution in [-0.4, -0.2) is 44.3 Å². The minimum Gasteiger partial charge on any atom is -0.373 e. The van der Waals surface area contributed by atoms with E-state index in [1.54, 1.807) is 0 Å². The number of hydrogen-bond donors (Lipinski definition) is 1. The van der Waals surface area contributed by atoms with Crippen LogP contribution in [0.25, 0.3) is 0 Å². The molecule has 4 heteroatoms. The molecule has 0 spiro atoms. The van der Waals surface area contributed by atoms with Gasteiger partial charge in [0.05, 0.1) is 12.2 Å². The Morgan fingerprint density at radius 1 is 1.25 bits per heavy atom. The molecule has 1 N–H and O–H groups in total. The van der Waals surface area contributed by atoms with E-state index in [2.05, 4.69) is 5.32 Å². The third kappa shape index (κ3) is 2.94. The van der Waals surface area contributed by atoms with Crippen LogP contribution in [0.5, 0.6) is 0 Å². The van der Waals surface area contributed by atoms with Gasteiger partial charge in [0.1, 0.15) is 0 Å². The third-order valence-corrected chi connectivity index (χ3v) is 3.36. The maximum absolute atomic E-state index is 5.79. The molecule has 2 saturated heterocycles. The highest BCUT2D eigenvalue weighted by atomic mass is 16.7. The van der Waals surface area contributed by atoms with Gasteiger partial charge in [-0.2, -0.15) is 0 Å². The zero-order valence-electron chi connectivity index (χ0n) is 10.3. The van der Waals surface area contributed by atoms with Crippen LogP contribution in [0.1, 0.15) is 33.1 Å². The Hall–Kier alpha value is -0.160. The van der Waals surface area contributed by atoms with Crippen LogP contribution >= 0.6 is 0 Å². The van der Waals surface area contributed by atoms with Crippen LogP contribution in [0.4, 0.5) is 0 Å². The molecule has 4 nitrogen and oxygen atoms in total. The maximum atomic E-state index is 5.79. The van der Waals surface area contributed by atoms with Crippen LogP contribution in [0.15, 0.2) is 0 Å². The van der Waals surface area contributed by atoms with Crippen molar-refractivity contribution in [2.75, 3.05) is 19.8 Å². The summed E-state index contributed by atoms with van der Waals surface area (Å²) in [6.45, 7) is 6.14. The Morgan fingerprint density at radius 3 is 2.50 bits per heavy atom. The minimum absolute atomic E-state index is 0.117. The molecule has 2 fully saturated rings. The van der Waals surface area contributed by atoms with Crippen molar-refractivity contribution in [1.29, 1.82) is 0 Å². The number of rotatable bonds is 7. The molecular weight excluding hydrogens is 206 g/mol. The van der Waals surface area contributed by atoms with Crippen molar-refractivity contribution >= 4 is 0 Å². The molecule has 0 amide bonds. The van der Waals surface area contributed by atoms with Gasteiger partial charge in [-0.1, -0.05) is 0 Å². The van der Waals surface area contributed by atoms with Gasteiger partial charge >= 0.3 is 0 Å². The quantitative estimate of drug-likeness (QED) is 0.668. The van der Waals surface area contributed by atoms with Crippen molar-refractivity contribution in [1.82, 2.24) is 5.32 Å². The van der Waals surface area contributed by atoms with Gasteiger partial charge in [0, 0.05) is 25.8 Å². The average molecular weight is 229 g/mol. The zero-order chi connectivity index (χ0) is 11.4. The summed E-state index contributed by atoms with van der Waals surface area (Å²) in [4.78, 5) is 0. The van der Waals surface area contributed by atoms with Crippen LogP contribution in [0, 0.1) is 0 Å². The average Bonchev–Trinajstić information content (AvgIpc) is 2.88. The zero-order valence-corrected chi connectivity index (χ0v) is 10.3. The molecule has 0 aliphatic carbocycles. The minimum atomic E-state index is -0.117. The molecule has 0 aromatic carbocycles. The van der Waals surface area contributed by atoms with Crippen molar-refractivity contribution < 1.29 is 14.2 Å². The lowest BCUT2D eigenvalue weighted by atomic mass is 9.95. The molecule has 0 saturated carbocycles. The lowest BCUT2D eigenvalue weighted by Crippen LogP contribution is -2.42. The molecular formula is C12H23NO3. The topological polar surface area (TPSA) is 39.7 Å². The molecule has 2 aliphatic rings. The van der Waals surface area contributed by atoms with Crippen molar-refractivity contribution in [2.45, 2.75) is 57.6 Å². The Labute approximate surface area is 97.6 Å². The predicted molar refractivity (Wildman–Crippen MR) is 61.3 cm³/mol. The Kier molecular flexibility index (Phi) is 4.58. The highest BCUT2D eigenvalue weighted by molar-refractivity contribution is 4.93. The number of ether oxygens (including phenoxy) is 3. The predicted octanol–water partition coefficient (Wildman–Crippen LogP) is 1.29. The molecule has 2 bridgehead atoms. The summed E-state index contributed by atoms with van der Waals surface area (Å²) in [5.41, 5.74) is 0. The Balaban J connectivity index is 1.69. The van der Waals surface area contributed by atoms with Crippen LogP contribution in [0.3, 0.4) is 0 Å². The second kappa shape index (κ2) is 5.96. The molecule has 16 heavy (non-hydrogen) atoms. The fourth-order valence-corrected chi connectivity index (χ4v) is 2.64. The van der Waals surface area contributed by atoms with Crippen LogP contribution < -0.4 is 5.32 Å². The molecule has 2 aliphatic heterocycles. The molecule has 2 rings (SSSR count). The highest BCUT2D eigenvalue weighted by Crippen LogP contribution is 2.34. The van der Waals surface area contributed by atoms with Crippen molar-refractivity contribution in [3.05, 3.63) is 0 Å². The van der Waals surface area contributed by atoms with E-state index in [1.807, 2.05) is 13.8 Å². The molecule has 0 radical (unpaired) electrons. The van der Waals surface area contributed by atoms with E-state index in [0.29, 0.717) is 31.5 Å². The fourth-order valence-electron chi connectivity index (χ4n) is 2.64. The smallest absolute Gasteiger partial charge is 0.169 e. The molecule has 3 atom stereocenters. The van der Waals surface area contributed by atoms with Gasteiger partial charge in [0.15, 0.2) is 6.29 Å². The van der Waals surface area contributed by atoms with Crippen LogP contribution in [-0.2, 0) is 14.2 Å². The first-order valence-corrected chi connectivity index (χ1v) is 6.45. The first-order chi connectivity index (χ1) is 7.83. The SMILES string of the molecule is CCOC(CNC1CC2CCC1O2)OCC. The molecule has 0 aromatic heterocycles. The third-order valence-electron chi connectivity index (χ3n) is 3.36. The summed E-state index contributed by atoms with van der Waals surface area (Å²) in [5.74, 6) is 0. The summed E-state index contributed by atoms with van der Waals surface area (Å²) >= 11 is 0.